The highest BCUT2D eigenvalue weighted by molar-refractivity contribution is 7.47. The van der Waals surface area contributed by atoms with Crippen LogP contribution in [0.1, 0.15) is 496 Å². The van der Waals surface area contributed by atoms with Crippen LogP contribution in [0.25, 0.3) is 0 Å². The molecule has 2 unspecified atom stereocenters. The molecule has 0 heterocycles. The standard InChI is InChI=1S/C90H176O17P2/c1-5-9-13-17-21-25-29-32-35-38-40-42-44-46-49-51-55-59-63-67-71-75-88(93)101-81-86(107-90(95)77-73-69-65-61-57-53-50-47-45-43-41-39-36-33-30-26-22-18-14-10-6-2)83-105-109(98,99)103-79-84(91)78-102-108(96,97)104-82-85(80-100-87(92)74-70-66-62-58-54-28-24-20-16-12-8-4)106-89(94)76-72-68-64-60-56-52-48-37-34-31-27-23-19-15-11-7-3/h84-86,91H,5-83H2,1-4H3,(H,96,97)(H,98,99)/t84-,85+,86+/m0/s1. The van der Waals surface area contributed by atoms with Crippen molar-refractivity contribution < 1.29 is 80.2 Å². The van der Waals surface area contributed by atoms with Gasteiger partial charge >= 0.3 is 39.5 Å². The van der Waals surface area contributed by atoms with E-state index in [1.807, 2.05) is 0 Å². The Morgan fingerprint density at radius 2 is 0.367 bits per heavy atom. The first-order valence-electron chi connectivity index (χ1n) is 46.8. The third-order valence-electron chi connectivity index (χ3n) is 21.4. The second kappa shape index (κ2) is 84.0. The molecule has 648 valence electrons. The van der Waals surface area contributed by atoms with Crippen LogP contribution >= 0.6 is 15.6 Å². The van der Waals surface area contributed by atoms with Crippen molar-refractivity contribution in [2.75, 3.05) is 39.6 Å². The van der Waals surface area contributed by atoms with Crippen molar-refractivity contribution in [3.8, 4) is 0 Å². The molecule has 0 bridgehead atoms. The molecule has 0 aromatic carbocycles. The fourth-order valence-electron chi connectivity index (χ4n) is 14.2. The largest absolute Gasteiger partial charge is 0.472 e. The van der Waals surface area contributed by atoms with Gasteiger partial charge in [0.05, 0.1) is 26.4 Å². The number of carbonyl (C=O) groups excluding carboxylic acids is 4. The zero-order valence-corrected chi connectivity index (χ0v) is 73.3. The highest BCUT2D eigenvalue weighted by atomic mass is 31.2. The van der Waals surface area contributed by atoms with Crippen LogP contribution in [0.3, 0.4) is 0 Å². The first-order chi connectivity index (χ1) is 53.2. The van der Waals surface area contributed by atoms with Crippen molar-refractivity contribution in [1.29, 1.82) is 0 Å². The summed E-state index contributed by atoms with van der Waals surface area (Å²) in [7, 11) is -9.93. The van der Waals surface area contributed by atoms with Crippen molar-refractivity contribution in [1.82, 2.24) is 0 Å². The number of ether oxygens (including phenoxy) is 4. The molecule has 0 aromatic heterocycles. The highest BCUT2D eigenvalue weighted by Crippen LogP contribution is 2.45. The van der Waals surface area contributed by atoms with Crippen molar-refractivity contribution in [3.05, 3.63) is 0 Å². The minimum Gasteiger partial charge on any atom is -0.462 e. The van der Waals surface area contributed by atoms with Gasteiger partial charge in [0.2, 0.25) is 0 Å². The van der Waals surface area contributed by atoms with E-state index in [0.717, 1.165) is 89.9 Å². The van der Waals surface area contributed by atoms with E-state index in [1.165, 1.54) is 327 Å². The highest BCUT2D eigenvalue weighted by Gasteiger charge is 2.30. The quantitative estimate of drug-likeness (QED) is 0.0222. The fraction of sp³-hybridized carbons (Fsp3) is 0.956. The third kappa shape index (κ3) is 83.8. The Morgan fingerprint density at radius 3 is 0.541 bits per heavy atom. The topological polar surface area (TPSA) is 237 Å². The Kier molecular flexibility index (Phi) is 82.5. The van der Waals surface area contributed by atoms with Crippen LogP contribution in [-0.4, -0.2) is 96.7 Å². The minimum atomic E-state index is -4.97. The third-order valence-corrected chi connectivity index (χ3v) is 23.3. The van der Waals surface area contributed by atoms with Crippen molar-refractivity contribution >= 4 is 39.5 Å². The predicted molar refractivity (Wildman–Crippen MR) is 451 cm³/mol. The van der Waals surface area contributed by atoms with Gasteiger partial charge in [-0.25, -0.2) is 9.13 Å². The summed E-state index contributed by atoms with van der Waals surface area (Å²) in [6, 6.07) is 0. The lowest BCUT2D eigenvalue weighted by atomic mass is 10.0. The monoisotopic (exact) mass is 1590 g/mol. The molecule has 0 radical (unpaired) electrons. The number of esters is 4. The van der Waals surface area contributed by atoms with E-state index in [1.54, 1.807) is 0 Å². The molecule has 109 heavy (non-hydrogen) atoms. The molecule has 0 amide bonds. The molecule has 19 heteroatoms. The molecule has 17 nitrogen and oxygen atoms in total. The summed E-state index contributed by atoms with van der Waals surface area (Å²) in [4.78, 5) is 73.4. The Labute approximate surface area is 670 Å². The van der Waals surface area contributed by atoms with Gasteiger partial charge in [0.25, 0.3) is 0 Å². The lowest BCUT2D eigenvalue weighted by Crippen LogP contribution is -2.30. The van der Waals surface area contributed by atoms with E-state index < -0.39 is 97.5 Å². The summed E-state index contributed by atoms with van der Waals surface area (Å²) in [6.07, 6.45) is 80.7. The summed E-state index contributed by atoms with van der Waals surface area (Å²) < 4.78 is 69.0. The Morgan fingerprint density at radius 1 is 0.220 bits per heavy atom. The molecule has 3 N–H and O–H groups in total. The molecule has 0 aliphatic heterocycles. The van der Waals surface area contributed by atoms with E-state index in [-0.39, 0.29) is 25.7 Å². The van der Waals surface area contributed by atoms with Crippen molar-refractivity contribution in [2.24, 2.45) is 0 Å². The van der Waals surface area contributed by atoms with Crippen molar-refractivity contribution in [2.45, 2.75) is 515 Å². The number of aliphatic hydroxyl groups is 1. The van der Waals surface area contributed by atoms with Crippen LogP contribution < -0.4 is 0 Å². The molecule has 0 fully saturated rings. The van der Waals surface area contributed by atoms with Gasteiger partial charge in [-0.3, -0.25) is 37.3 Å². The molecule has 5 atom stereocenters. The van der Waals surface area contributed by atoms with Crippen LogP contribution in [0.5, 0.6) is 0 Å². The van der Waals surface area contributed by atoms with Crippen LogP contribution in [0.15, 0.2) is 0 Å². The lowest BCUT2D eigenvalue weighted by molar-refractivity contribution is -0.161. The number of rotatable bonds is 91. The Bertz CT molecular complexity index is 2050. The summed E-state index contributed by atoms with van der Waals surface area (Å²) in [5.41, 5.74) is 0. The number of hydrogen-bond acceptors (Lipinski definition) is 15. The SMILES string of the molecule is CCCCCCCCCCCCCCCCCCCCCCCC(=O)OC[C@H](COP(=O)(O)OC[C@@H](O)COP(=O)(O)OC[C@@H](COC(=O)CCCCCCCCCCCCC)OC(=O)CCCCCCCCCCCCCCCCCC)OC(=O)CCCCCCCCCCCCCCCCCCCCCCC. The molecular formula is C90H176O17P2. The molecule has 0 rings (SSSR count). The molecule has 0 aliphatic carbocycles. The molecule has 0 spiro atoms. The van der Waals surface area contributed by atoms with Crippen LogP contribution in [0, 0.1) is 0 Å². The van der Waals surface area contributed by atoms with Gasteiger partial charge in [-0.05, 0) is 25.7 Å². The molecule has 0 saturated carbocycles. The molecule has 0 aromatic rings. The van der Waals surface area contributed by atoms with Gasteiger partial charge in [0.15, 0.2) is 12.2 Å². The van der Waals surface area contributed by atoms with Gasteiger partial charge in [-0.1, -0.05) is 445 Å². The maximum atomic E-state index is 13.2. The van der Waals surface area contributed by atoms with Crippen LogP contribution in [0.4, 0.5) is 0 Å². The molecule has 0 saturated heterocycles. The van der Waals surface area contributed by atoms with E-state index in [9.17, 15) is 43.2 Å². The predicted octanol–water partition coefficient (Wildman–Crippen LogP) is 28.1. The normalized spacial score (nSPS) is 13.6. The van der Waals surface area contributed by atoms with E-state index in [4.69, 9.17) is 37.0 Å². The Balaban J connectivity index is 5.22. The van der Waals surface area contributed by atoms with E-state index in [0.29, 0.717) is 25.7 Å². The minimum absolute atomic E-state index is 0.109. The fourth-order valence-corrected chi connectivity index (χ4v) is 15.8. The maximum Gasteiger partial charge on any atom is 0.472 e. The average Bonchev–Trinajstić information content (AvgIpc) is 0.902. The van der Waals surface area contributed by atoms with Gasteiger partial charge in [0.1, 0.15) is 19.3 Å². The summed E-state index contributed by atoms with van der Waals surface area (Å²) in [5.74, 6) is -2.09. The zero-order chi connectivity index (χ0) is 79.6. The van der Waals surface area contributed by atoms with Crippen LogP contribution in [0.2, 0.25) is 0 Å². The number of unbranched alkanes of at least 4 members (excludes halogenated alkanes) is 65. The van der Waals surface area contributed by atoms with Gasteiger partial charge < -0.3 is 33.8 Å². The van der Waals surface area contributed by atoms with Crippen molar-refractivity contribution in [3.63, 3.8) is 0 Å². The van der Waals surface area contributed by atoms with E-state index in [2.05, 4.69) is 27.7 Å². The van der Waals surface area contributed by atoms with Gasteiger partial charge in [-0.2, -0.15) is 0 Å². The smallest absolute Gasteiger partial charge is 0.462 e. The Hall–Kier alpha value is -1.94. The maximum absolute atomic E-state index is 13.2. The van der Waals surface area contributed by atoms with E-state index >= 15 is 0 Å². The summed E-state index contributed by atoms with van der Waals surface area (Å²) in [5, 5.41) is 10.7. The average molecular weight is 1590 g/mol. The lowest BCUT2D eigenvalue weighted by Gasteiger charge is -2.21. The summed E-state index contributed by atoms with van der Waals surface area (Å²) in [6.45, 7) is 5.08. The number of phosphoric ester groups is 2. The first-order valence-corrected chi connectivity index (χ1v) is 49.8. The zero-order valence-electron chi connectivity index (χ0n) is 71.5. The van der Waals surface area contributed by atoms with Gasteiger partial charge in [0, 0.05) is 25.7 Å². The number of hydrogen-bond donors (Lipinski definition) is 3. The number of phosphoric acid groups is 2. The van der Waals surface area contributed by atoms with Gasteiger partial charge in [-0.15, -0.1) is 0 Å². The second-order valence-electron chi connectivity index (χ2n) is 32.3. The van der Waals surface area contributed by atoms with Crippen LogP contribution in [-0.2, 0) is 65.4 Å². The summed E-state index contributed by atoms with van der Waals surface area (Å²) >= 11 is 0. The first kappa shape index (κ1) is 107. The number of carbonyl (C=O) groups is 4. The molecule has 0 aliphatic rings. The second-order valence-corrected chi connectivity index (χ2v) is 35.3. The molecular weight excluding hydrogens is 1410 g/mol. The number of aliphatic hydroxyl groups excluding tert-OH is 1.